The van der Waals surface area contributed by atoms with Gasteiger partial charge in [0.1, 0.15) is 0 Å². The van der Waals surface area contributed by atoms with E-state index < -0.39 is 0 Å². The molecular weight excluding hydrogens is 286 g/mol. The molecule has 0 amide bonds. The van der Waals surface area contributed by atoms with E-state index in [9.17, 15) is 0 Å². The maximum Gasteiger partial charge on any atom is 0.0235 e. The standard InChI is InChI=1S/C18H43N5/c1-15(11-20(4)5)18(14-21(6)7)19-16(2)12-23(10)13-17(3)22(8)9/h15-19H,11-14H2,1-10H3. The zero-order chi connectivity index (χ0) is 18.2. The van der Waals surface area contributed by atoms with E-state index in [-0.39, 0.29) is 0 Å². The molecule has 0 rings (SSSR count). The summed E-state index contributed by atoms with van der Waals surface area (Å²) in [5.74, 6) is 0.626. The Kier molecular flexibility index (Phi) is 11.3. The Morgan fingerprint density at radius 2 is 1.22 bits per heavy atom. The second-order valence-corrected chi connectivity index (χ2v) is 8.21. The Labute approximate surface area is 146 Å². The predicted octanol–water partition coefficient (Wildman–Crippen LogP) is 0.974. The molecule has 0 bridgehead atoms. The van der Waals surface area contributed by atoms with E-state index in [2.05, 4.69) is 95.0 Å². The zero-order valence-corrected chi connectivity index (χ0v) is 17.4. The van der Waals surface area contributed by atoms with Crippen LogP contribution in [0.3, 0.4) is 0 Å². The van der Waals surface area contributed by atoms with Crippen molar-refractivity contribution >= 4 is 0 Å². The Balaban J connectivity index is 4.49. The molecule has 0 saturated carbocycles. The van der Waals surface area contributed by atoms with Gasteiger partial charge in [-0.25, -0.2) is 0 Å². The maximum atomic E-state index is 3.86. The van der Waals surface area contributed by atoms with Gasteiger partial charge in [0.05, 0.1) is 0 Å². The molecule has 5 heteroatoms. The van der Waals surface area contributed by atoms with Gasteiger partial charge in [0.2, 0.25) is 0 Å². The fourth-order valence-electron chi connectivity index (χ4n) is 3.07. The van der Waals surface area contributed by atoms with E-state index in [1.54, 1.807) is 0 Å². The summed E-state index contributed by atoms with van der Waals surface area (Å²) in [5, 5.41) is 3.86. The second kappa shape index (κ2) is 11.4. The molecule has 140 valence electrons. The highest BCUT2D eigenvalue weighted by Crippen LogP contribution is 2.07. The summed E-state index contributed by atoms with van der Waals surface area (Å²) >= 11 is 0. The summed E-state index contributed by atoms with van der Waals surface area (Å²) in [7, 11) is 15.2. The molecule has 0 aromatic carbocycles. The zero-order valence-electron chi connectivity index (χ0n) is 17.4. The first-order valence-corrected chi connectivity index (χ1v) is 8.93. The molecular formula is C18H43N5. The van der Waals surface area contributed by atoms with Crippen LogP contribution in [0.2, 0.25) is 0 Å². The molecule has 0 aliphatic carbocycles. The number of hydrogen-bond acceptors (Lipinski definition) is 5. The van der Waals surface area contributed by atoms with Crippen molar-refractivity contribution in [2.24, 2.45) is 5.92 Å². The normalized spacial score (nSPS) is 18.0. The van der Waals surface area contributed by atoms with Gasteiger partial charge in [0, 0.05) is 44.3 Å². The fourth-order valence-corrected chi connectivity index (χ4v) is 3.07. The number of likely N-dealkylation sites (N-methyl/N-ethyl adjacent to an activating group) is 3. The van der Waals surface area contributed by atoms with Crippen LogP contribution in [0.1, 0.15) is 20.8 Å². The Morgan fingerprint density at radius 3 is 1.65 bits per heavy atom. The van der Waals surface area contributed by atoms with Gasteiger partial charge in [0.15, 0.2) is 0 Å². The Morgan fingerprint density at radius 1 is 0.696 bits per heavy atom. The van der Waals surface area contributed by atoms with Crippen LogP contribution >= 0.6 is 0 Å². The predicted molar refractivity (Wildman–Crippen MR) is 103 cm³/mol. The quantitative estimate of drug-likeness (QED) is 0.575. The van der Waals surface area contributed by atoms with E-state index >= 15 is 0 Å². The van der Waals surface area contributed by atoms with Gasteiger partial charge in [-0.2, -0.15) is 0 Å². The number of nitrogens with one attached hydrogen (secondary N) is 1. The fraction of sp³-hybridized carbons (Fsp3) is 1.00. The largest absolute Gasteiger partial charge is 0.309 e. The maximum absolute atomic E-state index is 3.86. The topological polar surface area (TPSA) is 25.0 Å². The van der Waals surface area contributed by atoms with Gasteiger partial charge in [-0.15, -0.1) is 0 Å². The summed E-state index contributed by atoms with van der Waals surface area (Å²) in [6.45, 7) is 11.3. The average molecular weight is 330 g/mol. The molecule has 0 spiro atoms. The van der Waals surface area contributed by atoms with Crippen LogP contribution in [0.4, 0.5) is 0 Å². The molecule has 0 fully saturated rings. The minimum Gasteiger partial charge on any atom is -0.309 e. The summed E-state index contributed by atoms with van der Waals surface area (Å²) in [4.78, 5) is 9.28. The van der Waals surface area contributed by atoms with Crippen molar-refractivity contribution in [2.45, 2.75) is 38.9 Å². The van der Waals surface area contributed by atoms with E-state index in [1.807, 2.05) is 0 Å². The molecule has 0 aromatic heterocycles. The third kappa shape index (κ3) is 11.1. The van der Waals surface area contributed by atoms with Crippen LogP contribution in [-0.4, -0.2) is 113 Å². The van der Waals surface area contributed by atoms with Crippen LogP contribution in [-0.2, 0) is 0 Å². The summed E-state index contributed by atoms with van der Waals surface area (Å²) < 4.78 is 0. The molecule has 0 aromatic rings. The van der Waals surface area contributed by atoms with Crippen LogP contribution < -0.4 is 5.32 Å². The first kappa shape index (κ1) is 22.8. The van der Waals surface area contributed by atoms with E-state index in [1.165, 1.54) is 0 Å². The van der Waals surface area contributed by atoms with E-state index in [0.29, 0.717) is 24.0 Å². The van der Waals surface area contributed by atoms with Gasteiger partial charge in [0.25, 0.3) is 0 Å². The van der Waals surface area contributed by atoms with Crippen molar-refractivity contribution in [2.75, 3.05) is 75.5 Å². The third-order valence-corrected chi connectivity index (χ3v) is 4.44. The van der Waals surface area contributed by atoms with Crippen LogP contribution in [0.25, 0.3) is 0 Å². The SMILES string of the molecule is CC(CN(C)CC(C)N(C)C)NC(CN(C)C)C(C)CN(C)C. The van der Waals surface area contributed by atoms with Gasteiger partial charge >= 0.3 is 0 Å². The van der Waals surface area contributed by atoms with Crippen LogP contribution in [0.5, 0.6) is 0 Å². The van der Waals surface area contributed by atoms with Crippen molar-refractivity contribution in [3.05, 3.63) is 0 Å². The first-order chi connectivity index (χ1) is 10.5. The highest BCUT2D eigenvalue weighted by Gasteiger charge is 2.21. The minimum atomic E-state index is 0.490. The lowest BCUT2D eigenvalue weighted by Crippen LogP contribution is -2.52. The van der Waals surface area contributed by atoms with Crippen molar-refractivity contribution in [3.63, 3.8) is 0 Å². The number of nitrogens with zero attached hydrogens (tertiary/aromatic N) is 4. The van der Waals surface area contributed by atoms with E-state index in [0.717, 1.165) is 26.2 Å². The van der Waals surface area contributed by atoms with Gasteiger partial charge in [-0.05, 0) is 69.1 Å². The second-order valence-electron chi connectivity index (χ2n) is 8.21. The minimum absolute atomic E-state index is 0.490. The van der Waals surface area contributed by atoms with Gasteiger partial charge in [-0.3, -0.25) is 0 Å². The van der Waals surface area contributed by atoms with Crippen LogP contribution in [0.15, 0.2) is 0 Å². The van der Waals surface area contributed by atoms with Gasteiger partial charge < -0.3 is 24.9 Å². The molecule has 0 aliphatic rings. The van der Waals surface area contributed by atoms with Gasteiger partial charge in [-0.1, -0.05) is 6.92 Å². The summed E-state index contributed by atoms with van der Waals surface area (Å²) in [6.07, 6.45) is 0. The Bertz CT molecular complexity index is 293. The van der Waals surface area contributed by atoms with E-state index in [4.69, 9.17) is 0 Å². The molecule has 23 heavy (non-hydrogen) atoms. The summed E-state index contributed by atoms with van der Waals surface area (Å²) in [6, 6.07) is 1.59. The molecule has 0 aliphatic heterocycles. The smallest absolute Gasteiger partial charge is 0.0235 e. The molecule has 0 heterocycles. The monoisotopic (exact) mass is 329 g/mol. The third-order valence-electron chi connectivity index (χ3n) is 4.44. The molecule has 4 unspecified atom stereocenters. The van der Waals surface area contributed by atoms with Crippen molar-refractivity contribution in [1.29, 1.82) is 0 Å². The molecule has 4 atom stereocenters. The first-order valence-electron chi connectivity index (χ1n) is 8.93. The highest BCUT2D eigenvalue weighted by atomic mass is 15.2. The van der Waals surface area contributed by atoms with Crippen LogP contribution in [0, 0.1) is 5.92 Å². The molecule has 0 saturated heterocycles. The molecule has 5 nitrogen and oxygen atoms in total. The van der Waals surface area contributed by atoms with Crippen molar-refractivity contribution in [3.8, 4) is 0 Å². The summed E-state index contributed by atoms with van der Waals surface area (Å²) in [5.41, 5.74) is 0. The molecule has 0 radical (unpaired) electrons. The Hall–Kier alpha value is -0.200. The lowest BCUT2D eigenvalue weighted by molar-refractivity contribution is 0.185. The lowest BCUT2D eigenvalue weighted by Gasteiger charge is -2.34. The molecule has 1 N–H and O–H groups in total. The lowest BCUT2D eigenvalue weighted by atomic mass is 10.00. The number of rotatable bonds is 12. The van der Waals surface area contributed by atoms with Crippen molar-refractivity contribution in [1.82, 2.24) is 24.9 Å². The average Bonchev–Trinajstić information content (AvgIpc) is 2.35. The van der Waals surface area contributed by atoms with Crippen molar-refractivity contribution < 1.29 is 0 Å². The number of hydrogen-bond donors (Lipinski definition) is 1. The highest BCUT2D eigenvalue weighted by molar-refractivity contribution is 4.81.